The van der Waals surface area contributed by atoms with Gasteiger partial charge in [-0.2, -0.15) is 0 Å². The minimum Gasteiger partial charge on any atom is -0.507 e. The molecule has 3 aromatic rings. The number of furan rings is 1. The molecule has 2 amide bonds. The van der Waals surface area contributed by atoms with Crippen LogP contribution < -0.4 is 15.0 Å². The Balaban J connectivity index is 1.94. The summed E-state index contributed by atoms with van der Waals surface area (Å²) in [6.45, 7) is 1.35. The second-order valence-electron chi connectivity index (χ2n) is 7.38. The number of nitrogens with zero attached hydrogens (tertiary/aromatic N) is 1. The minimum absolute atomic E-state index is 0.0431. The molecule has 0 bridgehead atoms. The lowest BCUT2D eigenvalue weighted by Crippen LogP contribution is -2.29. The van der Waals surface area contributed by atoms with Crippen molar-refractivity contribution in [2.45, 2.75) is 13.0 Å². The number of aliphatic hydroxyl groups excluding tert-OH is 1. The predicted octanol–water partition coefficient (Wildman–Crippen LogP) is 5.18. The Labute approximate surface area is 204 Å². The lowest BCUT2D eigenvalue weighted by molar-refractivity contribution is -0.132. The van der Waals surface area contributed by atoms with Crippen LogP contribution in [0.2, 0.25) is 10.0 Å². The molecule has 10 heteroatoms. The molecule has 1 unspecified atom stereocenters. The molecule has 2 N–H and O–H groups in total. The molecule has 0 spiro atoms. The van der Waals surface area contributed by atoms with Crippen LogP contribution >= 0.6 is 23.2 Å². The summed E-state index contributed by atoms with van der Waals surface area (Å²) in [7, 11) is 1.35. The molecule has 34 heavy (non-hydrogen) atoms. The largest absolute Gasteiger partial charge is 0.507 e. The summed E-state index contributed by atoms with van der Waals surface area (Å²) < 4.78 is 10.8. The number of aliphatic hydroxyl groups is 1. The van der Waals surface area contributed by atoms with Crippen molar-refractivity contribution < 1.29 is 28.6 Å². The van der Waals surface area contributed by atoms with E-state index in [0.717, 1.165) is 0 Å². The van der Waals surface area contributed by atoms with Crippen LogP contribution in [0.5, 0.6) is 5.75 Å². The van der Waals surface area contributed by atoms with Crippen LogP contribution in [0.15, 0.2) is 64.8 Å². The number of hydrogen-bond acceptors (Lipinski definition) is 6. The van der Waals surface area contributed by atoms with Crippen molar-refractivity contribution in [3.8, 4) is 5.75 Å². The van der Waals surface area contributed by atoms with Gasteiger partial charge in [-0.05, 0) is 42.5 Å². The molecule has 8 nitrogen and oxygen atoms in total. The van der Waals surface area contributed by atoms with Crippen LogP contribution in [0.25, 0.3) is 5.76 Å². The lowest BCUT2D eigenvalue weighted by Gasteiger charge is -2.24. The molecular formula is C24H18Cl2N2O6. The summed E-state index contributed by atoms with van der Waals surface area (Å²) >= 11 is 12.3. The van der Waals surface area contributed by atoms with Crippen molar-refractivity contribution in [2.24, 2.45) is 0 Å². The molecule has 1 aromatic heterocycles. The van der Waals surface area contributed by atoms with Crippen molar-refractivity contribution in [1.82, 2.24) is 0 Å². The predicted molar refractivity (Wildman–Crippen MR) is 127 cm³/mol. The Morgan fingerprint density at radius 3 is 2.56 bits per heavy atom. The van der Waals surface area contributed by atoms with E-state index in [2.05, 4.69) is 5.32 Å². The number of ether oxygens (including phenoxy) is 1. The van der Waals surface area contributed by atoms with Gasteiger partial charge in [0, 0.05) is 23.3 Å². The monoisotopic (exact) mass is 500 g/mol. The maximum Gasteiger partial charge on any atom is 0.300 e. The number of halogens is 2. The number of anilines is 2. The van der Waals surface area contributed by atoms with E-state index in [0.29, 0.717) is 11.4 Å². The van der Waals surface area contributed by atoms with Gasteiger partial charge in [-0.1, -0.05) is 29.3 Å². The number of Topliss-reactive ketones (excluding diaryl/α,β-unsaturated/α-hetero) is 1. The summed E-state index contributed by atoms with van der Waals surface area (Å²) in [6.07, 6.45) is 1.39. The zero-order valence-corrected chi connectivity index (χ0v) is 19.5. The number of benzene rings is 2. The third-order valence-corrected chi connectivity index (χ3v) is 5.67. The highest BCUT2D eigenvalue weighted by molar-refractivity contribution is 6.51. The van der Waals surface area contributed by atoms with E-state index in [-0.39, 0.29) is 38.6 Å². The number of nitrogens with one attached hydrogen (secondary N) is 1. The number of methoxy groups -OCH3 is 1. The average Bonchev–Trinajstić information content (AvgIpc) is 3.39. The molecule has 0 radical (unpaired) electrons. The highest BCUT2D eigenvalue weighted by Crippen LogP contribution is 2.45. The number of hydrogen-bond donors (Lipinski definition) is 2. The summed E-state index contributed by atoms with van der Waals surface area (Å²) in [5.41, 5.74) is 0.543. The molecule has 174 valence electrons. The number of carbonyl (C=O) groups is 3. The normalized spacial score (nSPS) is 17.2. The molecule has 1 atom stereocenters. The van der Waals surface area contributed by atoms with Gasteiger partial charge in [0.25, 0.3) is 11.7 Å². The van der Waals surface area contributed by atoms with Gasteiger partial charge in [-0.25, -0.2) is 0 Å². The Morgan fingerprint density at radius 2 is 1.91 bits per heavy atom. The molecule has 1 saturated heterocycles. The zero-order chi connectivity index (χ0) is 24.6. The fourth-order valence-corrected chi connectivity index (χ4v) is 4.41. The van der Waals surface area contributed by atoms with E-state index in [9.17, 15) is 19.5 Å². The summed E-state index contributed by atoms with van der Waals surface area (Å²) in [6, 6.07) is 11.3. The molecule has 1 aliphatic heterocycles. The van der Waals surface area contributed by atoms with Crippen LogP contribution in [0.1, 0.15) is 24.3 Å². The Morgan fingerprint density at radius 1 is 1.15 bits per heavy atom. The minimum atomic E-state index is -1.11. The van der Waals surface area contributed by atoms with Crippen molar-refractivity contribution in [1.29, 1.82) is 0 Å². The highest BCUT2D eigenvalue weighted by Gasteiger charge is 2.48. The van der Waals surface area contributed by atoms with Crippen LogP contribution in [0.4, 0.5) is 11.4 Å². The average molecular weight is 501 g/mol. The lowest BCUT2D eigenvalue weighted by atomic mass is 9.98. The van der Waals surface area contributed by atoms with E-state index in [1.807, 2.05) is 0 Å². The third kappa shape index (κ3) is 4.13. The van der Waals surface area contributed by atoms with Gasteiger partial charge < -0.3 is 19.6 Å². The second-order valence-corrected chi connectivity index (χ2v) is 8.23. The molecule has 1 fully saturated rings. The van der Waals surface area contributed by atoms with Gasteiger partial charge >= 0.3 is 0 Å². The van der Waals surface area contributed by atoms with Crippen molar-refractivity contribution in [3.63, 3.8) is 0 Å². The first-order valence-electron chi connectivity index (χ1n) is 9.98. The van der Waals surface area contributed by atoms with E-state index in [4.69, 9.17) is 32.4 Å². The van der Waals surface area contributed by atoms with Crippen LogP contribution in [-0.2, 0) is 14.4 Å². The van der Waals surface area contributed by atoms with Crippen LogP contribution in [-0.4, -0.2) is 29.8 Å². The SMILES string of the molecule is COc1c(Cl)cc(Cl)cc1/C(O)=C1/C(=O)C(=O)N(c2cccc(NC(C)=O)c2)C1c1ccco1. The molecule has 2 heterocycles. The number of amides is 2. The van der Waals surface area contributed by atoms with Crippen molar-refractivity contribution in [2.75, 3.05) is 17.3 Å². The number of rotatable bonds is 5. The maximum absolute atomic E-state index is 13.2. The Hall–Kier alpha value is -3.75. The first kappa shape index (κ1) is 23.4. The van der Waals surface area contributed by atoms with Crippen molar-refractivity contribution >= 4 is 57.9 Å². The van der Waals surface area contributed by atoms with E-state index in [1.54, 1.807) is 36.4 Å². The number of ketones is 1. The summed E-state index contributed by atoms with van der Waals surface area (Å²) in [4.78, 5) is 39.1. The molecule has 4 rings (SSSR count). The van der Waals surface area contributed by atoms with Crippen molar-refractivity contribution in [3.05, 3.63) is 81.7 Å². The molecular weight excluding hydrogens is 483 g/mol. The van der Waals surface area contributed by atoms with Gasteiger partial charge in [0.05, 0.1) is 29.5 Å². The standard InChI is InChI=1S/C24H18Cl2N2O6/c1-12(29)27-14-5-3-6-15(11-14)28-20(18-7-4-8-34-18)19(22(31)24(28)32)21(30)16-9-13(25)10-17(26)23(16)33-2/h3-11,20,30H,1-2H3,(H,27,29)/b21-19-. The summed E-state index contributed by atoms with van der Waals surface area (Å²) in [5, 5.41) is 14.2. The quantitative estimate of drug-likeness (QED) is 0.283. The molecule has 2 aromatic carbocycles. The van der Waals surface area contributed by atoms with Gasteiger partial charge in [0.15, 0.2) is 0 Å². The molecule has 1 aliphatic rings. The second kappa shape index (κ2) is 9.24. The maximum atomic E-state index is 13.2. The van der Waals surface area contributed by atoms with E-state index in [1.165, 1.54) is 37.3 Å². The fourth-order valence-electron chi connectivity index (χ4n) is 3.84. The Bertz CT molecular complexity index is 1330. The zero-order valence-electron chi connectivity index (χ0n) is 18.0. The fraction of sp³-hybridized carbons (Fsp3) is 0.125. The highest BCUT2D eigenvalue weighted by atomic mass is 35.5. The smallest absolute Gasteiger partial charge is 0.300 e. The first-order valence-corrected chi connectivity index (χ1v) is 10.7. The summed E-state index contributed by atoms with van der Waals surface area (Å²) in [5.74, 6) is -2.34. The van der Waals surface area contributed by atoms with Gasteiger partial charge in [-0.15, -0.1) is 0 Å². The van der Waals surface area contributed by atoms with Crippen LogP contribution in [0, 0.1) is 0 Å². The van der Waals surface area contributed by atoms with Gasteiger partial charge in [0.2, 0.25) is 5.91 Å². The van der Waals surface area contributed by atoms with E-state index >= 15 is 0 Å². The van der Waals surface area contributed by atoms with Crippen LogP contribution in [0.3, 0.4) is 0 Å². The number of carbonyl (C=O) groups excluding carboxylic acids is 3. The molecule has 0 aliphatic carbocycles. The topological polar surface area (TPSA) is 109 Å². The first-order chi connectivity index (χ1) is 16.2. The van der Waals surface area contributed by atoms with E-state index < -0.39 is 23.5 Å². The Kier molecular flexibility index (Phi) is 6.37. The third-order valence-electron chi connectivity index (χ3n) is 5.17. The molecule has 0 saturated carbocycles. The van der Waals surface area contributed by atoms with Gasteiger partial charge in [0.1, 0.15) is 23.3 Å². The van der Waals surface area contributed by atoms with Gasteiger partial charge in [-0.3, -0.25) is 19.3 Å².